The number of nitrogens with zero attached hydrogens (tertiary/aromatic N) is 3. The van der Waals surface area contributed by atoms with Crippen LogP contribution in [0.4, 0.5) is 10.5 Å². The fourth-order valence-corrected chi connectivity index (χ4v) is 3.22. The van der Waals surface area contributed by atoms with E-state index in [1.54, 1.807) is 0 Å². The minimum absolute atomic E-state index is 0.107. The molecule has 1 unspecified atom stereocenters. The van der Waals surface area contributed by atoms with Crippen LogP contribution in [0.1, 0.15) is 37.1 Å². The molecule has 128 valence electrons. The number of amides is 2. The second-order valence-corrected chi connectivity index (χ2v) is 6.38. The van der Waals surface area contributed by atoms with Gasteiger partial charge in [0.1, 0.15) is 0 Å². The quantitative estimate of drug-likeness (QED) is 0.908. The average Bonchev–Trinajstić information content (AvgIpc) is 2.57. The maximum absolute atomic E-state index is 12.6. The summed E-state index contributed by atoms with van der Waals surface area (Å²) < 4.78 is 0. The first-order valence-electron chi connectivity index (χ1n) is 8.52. The normalized spacial score (nSPS) is 18.0. The number of rotatable bonds is 3. The van der Waals surface area contributed by atoms with E-state index >= 15 is 0 Å². The largest absolute Gasteiger partial charge is 0.396 e. The maximum atomic E-state index is 12.6. The van der Waals surface area contributed by atoms with Gasteiger partial charge in [-0.25, -0.2) is 14.8 Å². The van der Waals surface area contributed by atoms with Gasteiger partial charge in [-0.2, -0.15) is 0 Å². The highest BCUT2D eigenvalue weighted by Gasteiger charge is 2.26. The third-order valence-electron chi connectivity index (χ3n) is 4.68. The number of benzene rings is 1. The monoisotopic (exact) mass is 328 g/mol. The van der Waals surface area contributed by atoms with Gasteiger partial charge in [-0.3, -0.25) is 0 Å². The fraction of sp³-hybridized carbons (Fsp3) is 0.500. The van der Waals surface area contributed by atoms with Crippen LogP contribution in [0, 0.1) is 13.8 Å². The predicted octanol–water partition coefficient (Wildman–Crippen LogP) is 3.02. The van der Waals surface area contributed by atoms with Crippen molar-refractivity contribution in [1.29, 1.82) is 0 Å². The zero-order chi connectivity index (χ0) is 17.1. The van der Waals surface area contributed by atoms with Crippen LogP contribution in [0.15, 0.2) is 18.2 Å². The molecule has 1 aromatic carbocycles. The lowest BCUT2D eigenvalue weighted by molar-refractivity contribution is 0.141. The Kier molecular flexibility index (Phi) is 4.94. The Balaban J connectivity index is 1.78. The molecule has 24 heavy (non-hydrogen) atoms. The molecule has 0 spiro atoms. The van der Waals surface area contributed by atoms with E-state index in [-0.39, 0.29) is 18.7 Å². The number of likely N-dealkylation sites (tertiary alicyclic amines) is 1. The van der Waals surface area contributed by atoms with Crippen molar-refractivity contribution < 1.29 is 9.90 Å². The summed E-state index contributed by atoms with van der Waals surface area (Å²) in [6, 6.07) is 5.61. The van der Waals surface area contributed by atoms with Gasteiger partial charge >= 0.3 is 6.03 Å². The molecule has 6 nitrogen and oxygen atoms in total. The second kappa shape index (κ2) is 7.13. The van der Waals surface area contributed by atoms with E-state index in [0.29, 0.717) is 6.42 Å². The van der Waals surface area contributed by atoms with Crippen molar-refractivity contribution in [2.24, 2.45) is 0 Å². The third-order valence-corrected chi connectivity index (χ3v) is 4.68. The molecule has 0 saturated carbocycles. The number of nitrogens with one attached hydrogen (secondary N) is 1. The lowest BCUT2D eigenvalue weighted by atomic mass is 10.0. The average molecular weight is 328 g/mol. The van der Waals surface area contributed by atoms with Gasteiger partial charge in [0.2, 0.25) is 0 Å². The van der Waals surface area contributed by atoms with Gasteiger partial charge in [0, 0.05) is 24.9 Å². The summed E-state index contributed by atoms with van der Waals surface area (Å²) in [5, 5.41) is 12.2. The first kappa shape index (κ1) is 16.6. The Morgan fingerprint density at radius 3 is 2.75 bits per heavy atom. The highest BCUT2D eigenvalue weighted by molar-refractivity contribution is 5.92. The summed E-state index contributed by atoms with van der Waals surface area (Å²) in [4.78, 5) is 23.5. The minimum atomic E-state index is -0.107. The number of aliphatic hydroxyl groups excluding tert-OH is 1. The molecule has 1 aliphatic heterocycles. The zero-order valence-corrected chi connectivity index (χ0v) is 14.2. The molecule has 0 radical (unpaired) electrons. The van der Waals surface area contributed by atoms with Crippen LogP contribution in [0.2, 0.25) is 0 Å². The molecule has 2 aromatic rings. The summed E-state index contributed by atoms with van der Waals surface area (Å²) in [7, 11) is 0. The number of aromatic nitrogens is 2. The molecule has 2 amide bonds. The highest BCUT2D eigenvalue weighted by atomic mass is 16.3. The standard InChI is InChI=1S/C18H24N4O2/c1-12-13(2)20-17-11-14(6-7-16(17)19-12)21-18(24)22-9-4-3-5-15(22)8-10-23/h6-7,11,15,23H,3-5,8-10H2,1-2H3,(H,21,24). The van der Waals surface area contributed by atoms with E-state index < -0.39 is 0 Å². The van der Waals surface area contributed by atoms with Gasteiger partial charge in [0.25, 0.3) is 0 Å². The van der Waals surface area contributed by atoms with Gasteiger partial charge in [0.05, 0.1) is 22.4 Å². The number of aryl methyl sites for hydroxylation is 2. The van der Waals surface area contributed by atoms with Crippen molar-refractivity contribution in [3.8, 4) is 0 Å². The van der Waals surface area contributed by atoms with Crippen molar-refractivity contribution in [1.82, 2.24) is 14.9 Å². The second-order valence-electron chi connectivity index (χ2n) is 6.38. The summed E-state index contributed by atoms with van der Waals surface area (Å²) in [6.07, 6.45) is 3.71. The van der Waals surface area contributed by atoms with E-state index in [9.17, 15) is 9.90 Å². The first-order valence-corrected chi connectivity index (χ1v) is 8.52. The number of piperidine rings is 1. The number of fused-ring (bicyclic) bond motifs is 1. The van der Waals surface area contributed by atoms with Gasteiger partial charge in [0.15, 0.2) is 0 Å². The lowest BCUT2D eigenvalue weighted by Crippen LogP contribution is -2.46. The smallest absolute Gasteiger partial charge is 0.322 e. The molecule has 1 fully saturated rings. The van der Waals surface area contributed by atoms with Gasteiger partial charge < -0.3 is 15.3 Å². The number of urea groups is 1. The molecular weight excluding hydrogens is 304 g/mol. The molecule has 1 atom stereocenters. The van der Waals surface area contributed by atoms with Crippen molar-refractivity contribution >= 4 is 22.8 Å². The Morgan fingerprint density at radius 2 is 2.00 bits per heavy atom. The van der Waals surface area contributed by atoms with Crippen LogP contribution in [0.25, 0.3) is 11.0 Å². The van der Waals surface area contributed by atoms with Crippen LogP contribution >= 0.6 is 0 Å². The first-order chi connectivity index (χ1) is 11.6. The molecule has 3 rings (SSSR count). The Hall–Kier alpha value is -2.21. The van der Waals surface area contributed by atoms with Gasteiger partial charge in [-0.05, 0) is 57.7 Å². The number of carbonyl (C=O) groups is 1. The number of hydrogen-bond acceptors (Lipinski definition) is 4. The number of anilines is 1. The summed E-state index contributed by atoms with van der Waals surface area (Å²) in [5.74, 6) is 0. The summed E-state index contributed by atoms with van der Waals surface area (Å²) in [5.41, 5.74) is 4.14. The van der Waals surface area contributed by atoms with Gasteiger partial charge in [-0.1, -0.05) is 0 Å². The van der Waals surface area contributed by atoms with E-state index in [0.717, 1.165) is 53.9 Å². The Labute approximate surface area is 141 Å². The van der Waals surface area contributed by atoms with Crippen LogP contribution < -0.4 is 5.32 Å². The molecule has 1 aromatic heterocycles. The van der Waals surface area contributed by atoms with Gasteiger partial charge in [-0.15, -0.1) is 0 Å². The lowest BCUT2D eigenvalue weighted by Gasteiger charge is -2.35. The van der Waals surface area contributed by atoms with Crippen LogP contribution in [0.3, 0.4) is 0 Å². The molecule has 0 bridgehead atoms. The van der Waals surface area contributed by atoms with Crippen molar-refractivity contribution in [3.05, 3.63) is 29.6 Å². The fourth-order valence-electron chi connectivity index (χ4n) is 3.22. The van der Waals surface area contributed by atoms with Crippen LogP contribution in [-0.4, -0.2) is 45.2 Å². The topological polar surface area (TPSA) is 78.4 Å². The Bertz CT molecular complexity index is 745. The molecule has 2 N–H and O–H groups in total. The summed E-state index contributed by atoms with van der Waals surface area (Å²) in [6.45, 7) is 4.72. The third kappa shape index (κ3) is 3.48. The predicted molar refractivity (Wildman–Crippen MR) is 94.1 cm³/mol. The van der Waals surface area contributed by atoms with E-state index in [1.165, 1.54) is 0 Å². The molecule has 0 aliphatic carbocycles. The number of hydrogen-bond donors (Lipinski definition) is 2. The van der Waals surface area contributed by atoms with Crippen molar-refractivity contribution in [3.63, 3.8) is 0 Å². The summed E-state index contributed by atoms with van der Waals surface area (Å²) >= 11 is 0. The molecule has 1 saturated heterocycles. The van der Waals surface area contributed by atoms with E-state index in [2.05, 4.69) is 15.3 Å². The number of carbonyl (C=O) groups excluding carboxylic acids is 1. The zero-order valence-electron chi connectivity index (χ0n) is 14.2. The SMILES string of the molecule is Cc1nc2ccc(NC(=O)N3CCCCC3CCO)cc2nc1C. The van der Waals surface area contributed by atoms with E-state index in [1.807, 2.05) is 36.9 Å². The Morgan fingerprint density at radius 1 is 1.25 bits per heavy atom. The number of aliphatic hydroxyl groups is 1. The maximum Gasteiger partial charge on any atom is 0.322 e. The van der Waals surface area contributed by atoms with E-state index in [4.69, 9.17) is 0 Å². The van der Waals surface area contributed by atoms with Crippen LogP contribution in [0.5, 0.6) is 0 Å². The van der Waals surface area contributed by atoms with Crippen LogP contribution in [-0.2, 0) is 0 Å². The molecule has 2 heterocycles. The van der Waals surface area contributed by atoms with Crippen molar-refractivity contribution in [2.75, 3.05) is 18.5 Å². The molecule has 1 aliphatic rings. The molecular formula is C18H24N4O2. The highest BCUT2D eigenvalue weighted by Crippen LogP contribution is 2.22. The molecule has 6 heteroatoms. The van der Waals surface area contributed by atoms with Crippen molar-refractivity contribution in [2.45, 2.75) is 45.6 Å². The minimum Gasteiger partial charge on any atom is -0.396 e.